The Morgan fingerprint density at radius 3 is 2.89 bits per heavy atom. The van der Waals surface area contributed by atoms with Crippen LogP contribution in [0.25, 0.3) is 0 Å². The van der Waals surface area contributed by atoms with Crippen LogP contribution in [0.3, 0.4) is 0 Å². The second-order valence-electron chi connectivity index (χ2n) is 5.31. The summed E-state index contributed by atoms with van der Waals surface area (Å²) in [6, 6.07) is 3.95. The predicted octanol–water partition coefficient (Wildman–Crippen LogP) is 1.22. The van der Waals surface area contributed by atoms with Crippen molar-refractivity contribution in [1.82, 2.24) is 14.8 Å². The summed E-state index contributed by atoms with van der Waals surface area (Å²) in [6.45, 7) is 1.63. The highest BCUT2D eigenvalue weighted by Crippen LogP contribution is 2.17. The van der Waals surface area contributed by atoms with Gasteiger partial charge in [0.25, 0.3) is 5.91 Å². The van der Waals surface area contributed by atoms with E-state index in [-0.39, 0.29) is 5.91 Å². The van der Waals surface area contributed by atoms with Gasteiger partial charge in [-0.1, -0.05) is 0 Å². The van der Waals surface area contributed by atoms with Crippen molar-refractivity contribution in [2.75, 3.05) is 32.9 Å². The Morgan fingerprint density at radius 1 is 1.42 bits per heavy atom. The van der Waals surface area contributed by atoms with Gasteiger partial charge < -0.3 is 15.5 Å². The van der Waals surface area contributed by atoms with E-state index >= 15 is 0 Å². The number of carbonyl (C=O) groups excluding carboxylic acids is 1. The summed E-state index contributed by atoms with van der Waals surface area (Å²) in [7, 11) is 4.21. The van der Waals surface area contributed by atoms with Crippen molar-refractivity contribution >= 4 is 11.7 Å². The van der Waals surface area contributed by atoms with Gasteiger partial charge in [0, 0.05) is 30.9 Å². The second kappa shape index (κ2) is 6.02. The number of amides is 1. The van der Waals surface area contributed by atoms with Crippen molar-refractivity contribution in [1.29, 1.82) is 0 Å². The van der Waals surface area contributed by atoms with Crippen molar-refractivity contribution in [2.45, 2.75) is 25.3 Å². The zero-order valence-electron chi connectivity index (χ0n) is 11.7. The summed E-state index contributed by atoms with van der Waals surface area (Å²) < 4.78 is 0. The third kappa shape index (κ3) is 3.44. The molecule has 5 heteroatoms. The second-order valence-corrected chi connectivity index (χ2v) is 5.31. The highest BCUT2D eigenvalue weighted by Gasteiger charge is 2.22. The zero-order valence-corrected chi connectivity index (χ0v) is 11.7. The molecule has 0 saturated carbocycles. The van der Waals surface area contributed by atoms with Crippen molar-refractivity contribution in [3.8, 4) is 0 Å². The van der Waals surface area contributed by atoms with E-state index in [1.807, 2.05) is 4.90 Å². The van der Waals surface area contributed by atoms with Crippen LogP contribution in [0.15, 0.2) is 18.3 Å². The van der Waals surface area contributed by atoms with Gasteiger partial charge >= 0.3 is 0 Å². The van der Waals surface area contributed by atoms with Crippen molar-refractivity contribution in [3.05, 3.63) is 23.9 Å². The Bertz CT molecular complexity index is 447. The maximum Gasteiger partial charge on any atom is 0.254 e. The van der Waals surface area contributed by atoms with Crippen LogP contribution < -0.4 is 5.73 Å². The van der Waals surface area contributed by atoms with Gasteiger partial charge in [0.05, 0.1) is 0 Å². The Morgan fingerprint density at radius 2 is 2.21 bits per heavy atom. The third-order valence-electron chi connectivity index (χ3n) is 3.74. The number of nitrogens with zero attached hydrogens (tertiary/aromatic N) is 3. The minimum absolute atomic E-state index is 0.0634. The third-order valence-corrected chi connectivity index (χ3v) is 3.74. The van der Waals surface area contributed by atoms with Crippen LogP contribution in [0.1, 0.15) is 29.6 Å². The molecule has 0 aliphatic carbocycles. The SMILES string of the molecule is CN(C)C1CCCN(C(=O)c2ccnc(N)c2)CC1. The first kappa shape index (κ1) is 13.8. The quantitative estimate of drug-likeness (QED) is 0.870. The van der Waals surface area contributed by atoms with Gasteiger partial charge in [-0.3, -0.25) is 4.79 Å². The van der Waals surface area contributed by atoms with Crippen LogP contribution in [-0.4, -0.2) is 53.9 Å². The fourth-order valence-corrected chi connectivity index (χ4v) is 2.56. The number of rotatable bonds is 2. The number of pyridine rings is 1. The first-order valence-electron chi connectivity index (χ1n) is 6.75. The standard InChI is InChI=1S/C14H22N4O/c1-17(2)12-4-3-8-18(9-6-12)14(19)11-5-7-16-13(15)10-11/h5,7,10,12H,3-4,6,8-9H2,1-2H3,(H2,15,16). The smallest absolute Gasteiger partial charge is 0.254 e. The number of carbonyl (C=O) groups is 1. The van der Waals surface area contributed by atoms with Crippen molar-refractivity contribution < 1.29 is 4.79 Å². The summed E-state index contributed by atoms with van der Waals surface area (Å²) in [6.07, 6.45) is 4.81. The minimum Gasteiger partial charge on any atom is -0.384 e. The number of aromatic nitrogens is 1. The fourth-order valence-electron chi connectivity index (χ4n) is 2.56. The van der Waals surface area contributed by atoms with Gasteiger partial charge in [-0.2, -0.15) is 0 Å². The molecule has 1 aromatic heterocycles. The average molecular weight is 262 g/mol. The average Bonchev–Trinajstić information content (AvgIpc) is 2.63. The molecule has 1 aliphatic heterocycles. The topological polar surface area (TPSA) is 62.5 Å². The molecule has 2 rings (SSSR count). The van der Waals surface area contributed by atoms with E-state index in [0.717, 1.165) is 32.4 Å². The lowest BCUT2D eigenvalue weighted by atomic mass is 10.1. The molecule has 1 saturated heterocycles. The van der Waals surface area contributed by atoms with Crippen molar-refractivity contribution in [3.63, 3.8) is 0 Å². The molecular weight excluding hydrogens is 240 g/mol. The Balaban J connectivity index is 2.04. The summed E-state index contributed by atoms with van der Waals surface area (Å²) in [5, 5.41) is 0. The van der Waals surface area contributed by atoms with Gasteiger partial charge in [-0.05, 0) is 45.5 Å². The van der Waals surface area contributed by atoms with E-state index in [9.17, 15) is 4.79 Å². The molecule has 0 aromatic carbocycles. The lowest BCUT2D eigenvalue weighted by Crippen LogP contribution is -2.33. The first-order valence-corrected chi connectivity index (χ1v) is 6.75. The summed E-state index contributed by atoms with van der Waals surface area (Å²) in [5.41, 5.74) is 6.27. The maximum absolute atomic E-state index is 12.4. The summed E-state index contributed by atoms with van der Waals surface area (Å²) in [5.74, 6) is 0.459. The molecule has 1 fully saturated rings. The molecule has 5 nitrogen and oxygen atoms in total. The van der Waals surface area contributed by atoms with Gasteiger partial charge in [-0.25, -0.2) is 4.98 Å². The van der Waals surface area contributed by atoms with Gasteiger partial charge in [0.2, 0.25) is 0 Å². The van der Waals surface area contributed by atoms with E-state index in [0.29, 0.717) is 17.4 Å². The fraction of sp³-hybridized carbons (Fsp3) is 0.571. The van der Waals surface area contributed by atoms with Crippen LogP contribution in [-0.2, 0) is 0 Å². The van der Waals surface area contributed by atoms with E-state index < -0.39 is 0 Å². The highest BCUT2D eigenvalue weighted by molar-refractivity contribution is 5.94. The molecule has 1 aliphatic rings. The number of nitrogen functional groups attached to an aromatic ring is 1. The van der Waals surface area contributed by atoms with Gasteiger partial charge in [-0.15, -0.1) is 0 Å². The van der Waals surface area contributed by atoms with Crippen LogP contribution in [0.5, 0.6) is 0 Å². The molecule has 19 heavy (non-hydrogen) atoms. The summed E-state index contributed by atoms with van der Waals surface area (Å²) in [4.78, 5) is 20.5. The van der Waals surface area contributed by atoms with Crippen molar-refractivity contribution in [2.24, 2.45) is 0 Å². The number of hydrogen-bond donors (Lipinski definition) is 1. The largest absolute Gasteiger partial charge is 0.384 e. The van der Waals surface area contributed by atoms with E-state index in [1.165, 1.54) is 0 Å². The minimum atomic E-state index is 0.0634. The lowest BCUT2D eigenvalue weighted by molar-refractivity contribution is 0.0758. The molecule has 1 amide bonds. The first-order chi connectivity index (χ1) is 9.08. The van der Waals surface area contributed by atoms with E-state index in [4.69, 9.17) is 5.73 Å². The van der Waals surface area contributed by atoms with Crippen LogP contribution in [0.4, 0.5) is 5.82 Å². The lowest BCUT2D eigenvalue weighted by Gasteiger charge is -2.23. The molecule has 0 radical (unpaired) electrons. The van der Waals surface area contributed by atoms with Crippen LogP contribution >= 0.6 is 0 Å². The number of anilines is 1. The molecule has 2 heterocycles. The highest BCUT2D eigenvalue weighted by atomic mass is 16.2. The van der Waals surface area contributed by atoms with Crippen LogP contribution in [0, 0.1) is 0 Å². The van der Waals surface area contributed by atoms with Gasteiger partial charge in [0.1, 0.15) is 5.82 Å². The Hall–Kier alpha value is -1.62. The molecule has 2 N–H and O–H groups in total. The Kier molecular flexibility index (Phi) is 4.37. The number of hydrogen-bond acceptors (Lipinski definition) is 4. The molecule has 1 atom stereocenters. The molecular formula is C14H22N4O. The number of likely N-dealkylation sites (tertiary alicyclic amines) is 1. The Labute approximate surface area is 114 Å². The molecule has 1 unspecified atom stereocenters. The normalized spacial score (nSPS) is 20.4. The van der Waals surface area contributed by atoms with Crippen LogP contribution in [0.2, 0.25) is 0 Å². The van der Waals surface area contributed by atoms with Gasteiger partial charge in [0.15, 0.2) is 0 Å². The predicted molar refractivity (Wildman–Crippen MR) is 75.9 cm³/mol. The maximum atomic E-state index is 12.4. The molecule has 1 aromatic rings. The number of nitrogens with two attached hydrogens (primary N) is 1. The molecule has 0 bridgehead atoms. The zero-order chi connectivity index (χ0) is 13.8. The molecule has 0 spiro atoms. The van der Waals surface area contributed by atoms with E-state index in [2.05, 4.69) is 24.0 Å². The van der Waals surface area contributed by atoms with E-state index in [1.54, 1.807) is 18.3 Å². The monoisotopic (exact) mass is 262 g/mol. The summed E-state index contributed by atoms with van der Waals surface area (Å²) >= 11 is 0. The molecule has 104 valence electrons.